The minimum atomic E-state index is -0.649. The third kappa shape index (κ3) is 3.96. The molecular formula is C18H15BrFN3O2S. The van der Waals surface area contributed by atoms with Crippen LogP contribution in [0.15, 0.2) is 58.0 Å². The van der Waals surface area contributed by atoms with Crippen LogP contribution in [-0.4, -0.2) is 29.3 Å². The van der Waals surface area contributed by atoms with Crippen molar-refractivity contribution in [1.29, 1.82) is 0 Å². The number of nitrogens with zero attached hydrogens (tertiary/aromatic N) is 2. The Hall–Kier alpha value is -2.19. The van der Waals surface area contributed by atoms with Gasteiger partial charge >= 0.3 is 0 Å². The lowest BCUT2D eigenvalue weighted by Crippen LogP contribution is -2.32. The highest BCUT2D eigenvalue weighted by atomic mass is 79.9. The Bertz CT molecular complexity index is 873. The lowest BCUT2D eigenvalue weighted by molar-refractivity contribution is -0.121. The zero-order valence-electron chi connectivity index (χ0n) is 13.8. The first-order valence-electron chi connectivity index (χ1n) is 7.77. The summed E-state index contributed by atoms with van der Waals surface area (Å²) in [5, 5.41) is 2.98. The Labute approximate surface area is 162 Å². The zero-order chi connectivity index (χ0) is 18.7. The van der Waals surface area contributed by atoms with Gasteiger partial charge in [-0.25, -0.2) is 9.29 Å². The number of para-hydroxylation sites is 1. The fourth-order valence-corrected chi connectivity index (χ4v) is 3.76. The molecule has 0 unspecified atom stereocenters. The fraction of sp³-hybridized carbons (Fsp3) is 0.167. The Balaban J connectivity index is 1.73. The van der Waals surface area contributed by atoms with Crippen LogP contribution >= 0.6 is 27.7 Å². The van der Waals surface area contributed by atoms with Crippen LogP contribution in [0.5, 0.6) is 0 Å². The van der Waals surface area contributed by atoms with Crippen LogP contribution in [0.25, 0.3) is 0 Å². The molecule has 5 nitrogen and oxygen atoms in total. The molecule has 1 saturated heterocycles. The molecule has 2 amide bonds. The van der Waals surface area contributed by atoms with E-state index < -0.39 is 22.9 Å². The number of hydrogen-bond donors (Lipinski definition) is 1. The number of carbonyl (C=O) groups is 2. The molecule has 2 aromatic carbocycles. The van der Waals surface area contributed by atoms with Gasteiger partial charge in [-0.05, 0) is 36.4 Å². The molecule has 1 aliphatic rings. The number of benzene rings is 2. The summed E-state index contributed by atoms with van der Waals surface area (Å²) in [6.45, 7) is 0. The molecule has 2 aromatic rings. The Morgan fingerprint density at radius 3 is 2.58 bits per heavy atom. The minimum Gasteiger partial charge on any atom is -0.335 e. The smallest absolute Gasteiger partial charge is 0.247 e. The summed E-state index contributed by atoms with van der Waals surface area (Å²) in [5.74, 6) is -1.46. The molecule has 0 spiro atoms. The van der Waals surface area contributed by atoms with Gasteiger partial charge in [0, 0.05) is 23.6 Å². The third-order valence-corrected chi connectivity index (χ3v) is 5.44. The van der Waals surface area contributed by atoms with E-state index in [-0.39, 0.29) is 12.1 Å². The highest BCUT2D eigenvalue weighted by Gasteiger charge is 2.41. The maximum atomic E-state index is 14.0. The number of nitrogens with one attached hydrogen (secondary N) is 1. The molecule has 1 fully saturated rings. The quantitative estimate of drug-likeness (QED) is 0.448. The third-order valence-electron chi connectivity index (χ3n) is 3.75. The van der Waals surface area contributed by atoms with Crippen molar-refractivity contribution in [1.82, 2.24) is 0 Å². The molecule has 8 heteroatoms. The molecule has 0 bridgehead atoms. The van der Waals surface area contributed by atoms with E-state index in [4.69, 9.17) is 0 Å². The minimum absolute atomic E-state index is 0.00112. The van der Waals surface area contributed by atoms with Crippen molar-refractivity contribution in [2.24, 2.45) is 4.99 Å². The van der Waals surface area contributed by atoms with Gasteiger partial charge in [-0.1, -0.05) is 39.8 Å². The molecule has 3 rings (SSSR count). The predicted octanol–water partition coefficient (Wildman–Crippen LogP) is 4.05. The van der Waals surface area contributed by atoms with Crippen LogP contribution in [-0.2, 0) is 9.59 Å². The highest BCUT2D eigenvalue weighted by Crippen LogP contribution is 2.32. The van der Waals surface area contributed by atoms with Gasteiger partial charge in [0.1, 0.15) is 11.1 Å². The lowest BCUT2D eigenvalue weighted by Gasteiger charge is -2.16. The summed E-state index contributed by atoms with van der Waals surface area (Å²) in [4.78, 5) is 30.0. The molecule has 0 radical (unpaired) electrons. The predicted molar refractivity (Wildman–Crippen MR) is 106 cm³/mol. The first-order valence-corrected chi connectivity index (χ1v) is 9.44. The number of halogens is 2. The second-order valence-electron chi connectivity index (χ2n) is 5.49. The second-order valence-corrected chi connectivity index (χ2v) is 7.60. The first-order chi connectivity index (χ1) is 12.5. The number of amides is 2. The van der Waals surface area contributed by atoms with Gasteiger partial charge in [0.15, 0.2) is 5.17 Å². The van der Waals surface area contributed by atoms with E-state index in [0.29, 0.717) is 5.17 Å². The van der Waals surface area contributed by atoms with Crippen molar-refractivity contribution in [3.63, 3.8) is 0 Å². The monoisotopic (exact) mass is 435 g/mol. The van der Waals surface area contributed by atoms with Gasteiger partial charge in [0.2, 0.25) is 11.8 Å². The second kappa shape index (κ2) is 8.01. The molecule has 0 aliphatic carbocycles. The Morgan fingerprint density at radius 1 is 1.23 bits per heavy atom. The highest BCUT2D eigenvalue weighted by molar-refractivity contribution is 9.10. The SMILES string of the molecule is CN=C(Nc1ccc(Br)cc1)S[C@H]1CC(=O)N(c2ccccc2F)C1=O. The maximum absolute atomic E-state index is 14.0. The van der Waals surface area contributed by atoms with Crippen LogP contribution < -0.4 is 10.2 Å². The van der Waals surface area contributed by atoms with Crippen molar-refractivity contribution >= 4 is 56.0 Å². The first kappa shape index (κ1) is 18.6. The van der Waals surface area contributed by atoms with Crippen molar-refractivity contribution < 1.29 is 14.0 Å². The standard InChI is InChI=1S/C18H15BrFN3O2S/c1-21-18(22-12-8-6-11(19)7-9-12)26-15-10-16(24)23(17(15)25)14-5-3-2-4-13(14)20/h2-9,15H,10H2,1H3,(H,21,22)/t15-/m0/s1. The van der Waals surface area contributed by atoms with Crippen LogP contribution in [0.4, 0.5) is 15.8 Å². The van der Waals surface area contributed by atoms with Crippen molar-refractivity contribution in [3.8, 4) is 0 Å². The topological polar surface area (TPSA) is 61.8 Å². The number of thioether (sulfide) groups is 1. The van der Waals surface area contributed by atoms with Crippen LogP contribution in [0.2, 0.25) is 0 Å². The van der Waals surface area contributed by atoms with E-state index in [2.05, 4.69) is 26.2 Å². The zero-order valence-corrected chi connectivity index (χ0v) is 16.2. The average Bonchev–Trinajstić information content (AvgIpc) is 2.90. The van der Waals surface area contributed by atoms with Crippen molar-refractivity contribution in [3.05, 3.63) is 58.8 Å². The van der Waals surface area contributed by atoms with E-state index in [1.807, 2.05) is 24.3 Å². The lowest BCUT2D eigenvalue weighted by atomic mass is 10.3. The maximum Gasteiger partial charge on any atom is 0.247 e. The summed E-state index contributed by atoms with van der Waals surface area (Å²) in [6, 6.07) is 13.2. The number of amidine groups is 1. The molecule has 1 N–H and O–H groups in total. The summed E-state index contributed by atoms with van der Waals surface area (Å²) in [5.41, 5.74) is 0.797. The molecule has 134 valence electrons. The summed E-state index contributed by atoms with van der Waals surface area (Å²) in [6.07, 6.45) is -0.00112. The molecule has 1 aliphatic heterocycles. The molecule has 1 atom stereocenters. The van der Waals surface area contributed by atoms with Crippen molar-refractivity contribution in [2.45, 2.75) is 11.7 Å². The number of imide groups is 1. The van der Waals surface area contributed by atoms with Gasteiger partial charge in [0.25, 0.3) is 0 Å². The largest absolute Gasteiger partial charge is 0.335 e. The van der Waals surface area contributed by atoms with Gasteiger partial charge < -0.3 is 5.32 Å². The van der Waals surface area contributed by atoms with Crippen LogP contribution in [0.1, 0.15) is 6.42 Å². The van der Waals surface area contributed by atoms with Gasteiger partial charge in [-0.15, -0.1) is 0 Å². The number of hydrogen-bond acceptors (Lipinski definition) is 4. The Kier molecular flexibility index (Phi) is 5.73. The van der Waals surface area contributed by atoms with Crippen LogP contribution in [0, 0.1) is 5.82 Å². The summed E-state index contributed by atoms with van der Waals surface area (Å²) >= 11 is 4.53. The van der Waals surface area contributed by atoms with Gasteiger partial charge in [-0.2, -0.15) is 0 Å². The van der Waals surface area contributed by atoms with E-state index in [0.717, 1.165) is 26.8 Å². The van der Waals surface area contributed by atoms with Crippen LogP contribution in [0.3, 0.4) is 0 Å². The number of anilines is 2. The molecule has 0 aromatic heterocycles. The Morgan fingerprint density at radius 2 is 1.92 bits per heavy atom. The number of rotatable bonds is 3. The molecular weight excluding hydrogens is 421 g/mol. The van der Waals surface area contributed by atoms with Gasteiger partial charge in [-0.3, -0.25) is 14.6 Å². The normalized spacial score (nSPS) is 17.7. The molecule has 0 saturated carbocycles. The van der Waals surface area contributed by atoms with E-state index in [9.17, 15) is 14.0 Å². The average molecular weight is 436 g/mol. The number of aliphatic imine (C=N–C) groups is 1. The van der Waals surface area contributed by atoms with E-state index in [1.165, 1.54) is 18.2 Å². The van der Waals surface area contributed by atoms with Crippen molar-refractivity contribution in [2.75, 3.05) is 17.3 Å². The van der Waals surface area contributed by atoms with E-state index >= 15 is 0 Å². The fourth-order valence-electron chi connectivity index (χ4n) is 2.51. The number of carbonyl (C=O) groups excluding carboxylic acids is 2. The van der Waals surface area contributed by atoms with E-state index in [1.54, 1.807) is 13.1 Å². The molecule has 26 heavy (non-hydrogen) atoms. The molecule has 1 heterocycles. The summed E-state index contributed by atoms with van der Waals surface area (Å²) in [7, 11) is 1.60. The van der Waals surface area contributed by atoms with Gasteiger partial charge in [0.05, 0.1) is 5.69 Å². The summed E-state index contributed by atoms with van der Waals surface area (Å²) < 4.78 is 14.9.